The summed E-state index contributed by atoms with van der Waals surface area (Å²) in [4.78, 5) is 16.1. The van der Waals surface area contributed by atoms with E-state index in [-0.39, 0.29) is 5.91 Å². The van der Waals surface area contributed by atoms with Gasteiger partial charge in [-0.1, -0.05) is 6.92 Å². The number of ether oxygens (including phenoxy) is 1. The number of piperazine rings is 1. The minimum Gasteiger partial charge on any atom is -0.497 e. The molecule has 1 aliphatic rings. The van der Waals surface area contributed by atoms with Gasteiger partial charge in [-0.15, -0.1) is 10.2 Å². The lowest BCUT2D eigenvalue weighted by Crippen LogP contribution is -2.49. The van der Waals surface area contributed by atoms with E-state index in [0.29, 0.717) is 6.42 Å². The van der Waals surface area contributed by atoms with E-state index in [9.17, 15) is 4.79 Å². The average Bonchev–Trinajstić information content (AvgIpc) is 2.68. The molecule has 0 atom stereocenters. The van der Waals surface area contributed by atoms with Crippen molar-refractivity contribution in [2.75, 3.05) is 38.2 Å². The first-order valence-electron chi connectivity index (χ1n) is 8.72. The molecule has 1 aromatic carbocycles. The summed E-state index contributed by atoms with van der Waals surface area (Å²) in [5.41, 5.74) is 1.85. The lowest BCUT2D eigenvalue weighted by atomic mass is 10.1. The lowest BCUT2D eigenvalue weighted by molar-refractivity contribution is -0.131. The van der Waals surface area contributed by atoms with Gasteiger partial charge in [0.2, 0.25) is 5.91 Å². The second-order valence-electron chi connectivity index (χ2n) is 6.12. The molecule has 0 spiro atoms. The molecule has 6 heteroatoms. The van der Waals surface area contributed by atoms with Gasteiger partial charge in [-0.2, -0.15) is 0 Å². The van der Waals surface area contributed by atoms with Crippen LogP contribution in [0.4, 0.5) is 5.82 Å². The highest BCUT2D eigenvalue weighted by atomic mass is 16.5. The minimum atomic E-state index is 0.253. The largest absolute Gasteiger partial charge is 0.497 e. The summed E-state index contributed by atoms with van der Waals surface area (Å²) in [7, 11) is 1.65. The van der Waals surface area contributed by atoms with Crippen LogP contribution in [0, 0.1) is 0 Å². The molecule has 1 saturated heterocycles. The molecule has 1 aliphatic heterocycles. The van der Waals surface area contributed by atoms with E-state index in [1.807, 2.05) is 48.2 Å². The van der Waals surface area contributed by atoms with Gasteiger partial charge in [0.15, 0.2) is 5.82 Å². The number of nitrogens with zero attached hydrogens (tertiary/aromatic N) is 4. The maximum atomic E-state index is 12.0. The number of hydrogen-bond acceptors (Lipinski definition) is 5. The highest BCUT2D eigenvalue weighted by Gasteiger charge is 2.21. The molecule has 0 N–H and O–H groups in total. The molecule has 6 nitrogen and oxygen atoms in total. The zero-order chi connectivity index (χ0) is 17.6. The molecular formula is C19H24N4O2. The smallest absolute Gasteiger partial charge is 0.222 e. The van der Waals surface area contributed by atoms with Crippen molar-refractivity contribution in [3.63, 3.8) is 0 Å². The van der Waals surface area contributed by atoms with Crippen molar-refractivity contribution in [2.24, 2.45) is 0 Å². The van der Waals surface area contributed by atoms with Crippen molar-refractivity contribution in [1.29, 1.82) is 0 Å². The predicted molar refractivity (Wildman–Crippen MR) is 97.7 cm³/mol. The number of methoxy groups -OCH3 is 1. The quantitative estimate of drug-likeness (QED) is 0.837. The van der Waals surface area contributed by atoms with Crippen LogP contribution in [0.2, 0.25) is 0 Å². The molecule has 1 amide bonds. The summed E-state index contributed by atoms with van der Waals surface area (Å²) >= 11 is 0. The lowest BCUT2D eigenvalue weighted by Gasteiger charge is -2.35. The van der Waals surface area contributed by atoms with Crippen LogP contribution in [0.3, 0.4) is 0 Å². The van der Waals surface area contributed by atoms with Crippen LogP contribution in [-0.4, -0.2) is 54.3 Å². The maximum Gasteiger partial charge on any atom is 0.222 e. The van der Waals surface area contributed by atoms with Crippen molar-refractivity contribution < 1.29 is 9.53 Å². The highest BCUT2D eigenvalue weighted by molar-refractivity contribution is 5.76. The number of amides is 1. The van der Waals surface area contributed by atoms with Gasteiger partial charge in [0, 0.05) is 38.2 Å². The van der Waals surface area contributed by atoms with E-state index in [2.05, 4.69) is 15.1 Å². The number of rotatable bonds is 5. The van der Waals surface area contributed by atoms with Crippen molar-refractivity contribution in [2.45, 2.75) is 19.8 Å². The van der Waals surface area contributed by atoms with Gasteiger partial charge in [0.1, 0.15) is 5.75 Å². The fraction of sp³-hybridized carbons (Fsp3) is 0.421. The Hall–Kier alpha value is -2.63. The molecule has 0 saturated carbocycles. The van der Waals surface area contributed by atoms with E-state index in [1.165, 1.54) is 0 Å². The molecular weight excluding hydrogens is 316 g/mol. The summed E-state index contributed by atoms with van der Waals surface area (Å²) in [5.74, 6) is 1.94. The Morgan fingerprint density at radius 3 is 2.32 bits per heavy atom. The Morgan fingerprint density at radius 1 is 1.04 bits per heavy atom. The first kappa shape index (κ1) is 17.2. The molecule has 2 aromatic rings. The summed E-state index contributed by atoms with van der Waals surface area (Å²) in [6.07, 6.45) is 1.54. The Balaban J connectivity index is 1.62. The Kier molecular flexibility index (Phi) is 5.48. The van der Waals surface area contributed by atoms with Crippen LogP contribution in [0.15, 0.2) is 36.4 Å². The fourth-order valence-corrected chi connectivity index (χ4v) is 2.97. The van der Waals surface area contributed by atoms with E-state index >= 15 is 0 Å². The second-order valence-corrected chi connectivity index (χ2v) is 6.12. The maximum absolute atomic E-state index is 12.0. The third kappa shape index (κ3) is 4.07. The second kappa shape index (κ2) is 7.96. The average molecular weight is 340 g/mol. The van der Waals surface area contributed by atoms with Gasteiger partial charge in [-0.3, -0.25) is 4.79 Å². The van der Waals surface area contributed by atoms with Crippen LogP contribution >= 0.6 is 0 Å². The molecule has 132 valence electrons. The Labute approximate surface area is 148 Å². The molecule has 25 heavy (non-hydrogen) atoms. The van der Waals surface area contributed by atoms with Crippen molar-refractivity contribution in [1.82, 2.24) is 15.1 Å². The van der Waals surface area contributed by atoms with Crippen LogP contribution in [-0.2, 0) is 4.79 Å². The van der Waals surface area contributed by atoms with Crippen molar-refractivity contribution in [3.8, 4) is 17.0 Å². The topological polar surface area (TPSA) is 58.6 Å². The summed E-state index contributed by atoms with van der Waals surface area (Å²) in [6.45, 7) is 5.13. The number of hydrogen-bond donors (Lipinski definition) is 0. The van der Waals surface area contributed by atoms with Gasteiger partial charge >= 0.3 is 0 Å². The third-order valence-electron chi connectivity index (χ3n) is 4.46. The monoisotopic (exact) mass is 340 g/mol. The van der Waals surface area contributed by atoms with Gasteiger partial charge in [-0.05, 0) is 42.8 Å². The summed E-state index contributed by atoms with van der Waals surface area (Å²) in [5, 5.41) is 8.72. The first-order valence-corrected chi connectivity index (χ1v) is 8.72. The van der Waals surface area contributed by atoms with Gasteiger partial charge < -0.3 is 14.5 Å². The molecule has 0 unspecified atom stereocenters. The van der Waals surface area contributed by atoms with Gasteiger partial charge in [0.25, 0.3) is 0 Å². The number of aromatic nitrogens is 2. The van der Waals surface area contributed by atoms with Crippen LogP contribution in [0.5, 0.6) is 5.75 Å². The van der Waals surface area contributed by atoms with E-state index < -0.39 is 0 Å². The molecule has 1 aromatic heterocycles. The predicted octanol–water partition coefficient (Wildman–Crippen LogP) is 2.60. The molecule has 3 rings (SSSR count). The van der Waals surface area contributed by atoms with Crippen molar-refractivity contribution >= 4 is 11.7 Å². The molecule has 2 heterocycles. The SMILES string of the molecule is CCCC(=O)N1CCN(c2ccc(-c3ccc(OC)cc3)nn2)CC1. The molecule has 1 fully saturated rings. The molecule has 0 bridgehead atoms. The zero-order valence-corrected chi connectivity index (χ0v) is 14.8. The Bertz CT molecular complexity index is 692. The normalized spacial score (nSPS) is 14.5. The summed E-state index contributed by atoms with van der Waals surface area (Å²) in [6, 6.07) is 11.8. The molecule has 0 aliphatic carbocycles. The van der Waals surface area contributed by atoms with Gasteiger partial charge in [0.05, 0.1) is 12.8 Å². The minimum absolute atomic E-state index is 0.253. The number of carbonyl (C=O) groups is 1. The summed E-state index contributed by atoms with van der Waals surface area (Å²) < 4.78 is 5.17. The Morgan fingerprint density at radius 2 is 1.76 bits per heavy atom. The van der Waals surface area contributed by atoms with E-state index in [4.69, 9.17) is 4.74 Å². The zero-order valence-electron chi connectivity index (χ0n) is 14.8. The van der Waals surface area contributed by atoms with Crippen LogP contribution in [0.1, 0.15) is 19.8 Å². The highest BCUT2D eigenvalue weighted by Crippen LogP contribution is 2.22. The first-order chi connectivity index (χ1) is 12.2. The number of carbonyl (C=O) groups excluding carboxylic acids is 1. The van der Waals surface area contributed by atoms with E-state index in [0.717, 1.165) is 55.4 Å². The number of benzene rings is 1. The van der Waals surface area contributed by atoms with Crippen LogP contribution in [0.25, 0.3) is 11.3 Å². The standard InChI is InChI=1S/C19H24N4O2/c1-3-4-19(24)23-13-11-22(12-14-23)18-10-9-17(20-21-18)15-5-7-16(25-2)8-6-15/h5-10H,3-4,11-14H2,1-2H3. The van der Waals surface area contributed by atoms with Crippen molar-refractivity contribution in [3.05, 3.63) is 36.4 Å². The van der Waals surface area contributed by atoms with Gasteiger partial charge in [-0.25, -0.2) is 0 Å². The van der Waals surface area contributed by atoms with E-state index in [1.54, 1.807) is 7.11 Å². The van der Waals surface area contributed by atoms with Crippen LogP contribution < -0.4 is 9.64 Å². The molecule has 0 radical (unpaired) electrons. The fourth-order valence-electron chi connectivity index (χ4n) is 2.97. The third-order valence-corrected chi connectivity index (χ3v) is 4.46. The number of anilines is 1.